The molecule has 1 amide bonds. The lowest BCUT2D eigenvalue weighted by Gasteiger charge is -2.31. The molecular weight excluding hydrogens is 316 g/mol. The average molecular weight is 341 g/mol. The van der Waals surface area contributed by atoms with Crippen molar-refractivity contribution in [3.63, 3.8) is 0 Å². The number of hydrogen-bond donors (Lipinski definition) is 1. The number of nitrogens with two attached hydrogens (primary N) is 1. The summed E-state index contributed by atoms with van der Waals surface area (Å²) in [4.78, 5) is 14.4. The Morgan fingerprint density at radius 3 is 2.83 bits per heavy atom. The number of benzene rings is 1. The Balaban J connectivity index is 2.22. The number of hydrogen-bond acceptors (Lipinski definition) is 4. The molecule has 1 unspecified atom stereocenters. The molecule has 1 aromatic rings. The van der Waals surface area contributed by atoms with Crippen LogP contribution < -0.4 is 15.2 Å². The number of rotatable bonds is 5. The molecule has 1 aliphatic heterocycles. The predicted octanol–water partition coefficient (Wildman–Crippen LogP) is 2.95. The highest BCUT2D eigenvalue weighted by atomic mass is 35.5. The van der Waals surface area contributed by atoms with Gasteiger partial charge in [-0.25, -0.2) is 0 Å². The molecule has 0 bridgehead atoms. The number of halogens is 1. The lowest BCUT2D eigenvalue weighted by atomic mass is 10.1. The summed E-state index contributed by atoms with van der Waals surface area (Å²) in [5, 5.41) is 0.384. The number of ether oxygens (including phenoxy) is 2. The topological polar surface area (TPSA) is 64.8 Å². The summed E-state index contributed by atoms with van der Waals surface area (Å²) in [6.07, 6.45) is 1.88. The van der Waals surface area contributed by atoms with Gasteiger partial charge >= 0.3 is 0 Å². The summed E-state index contributed by atoms with van der Waals surface area (Å²) < 4.78 is 11.1. The smallest absolute Gasteiger partial charge is 0.254 e. The molecule has 1 atom stereocenters. The standard InChI is InChI=1S/C17H25ClN2O3/c1-11(2)10-23-16-14(18)7-12(8-15(16)22-3)17(21)20-6-4-5-13(19)9-20/h7-8,11,13H,4-6,9-10,19H2,1-3H3. The minimum atomic E-state index is -0.0734. The van der Waals surface area contributed by atoms with Crippen LogP contribution in [0.15, 0.2) is 12.1 Å². The van der Waals surface area contributed by atoms with Crippen molar-refractivity contribution in [3.8, 4) is 11.5 Å². The first-order valence-electron chi connectivity index (χ1n) is 7.97. The van der Waals surface area contributed by atoms with Crippen molar-refractivity contribution in [3.05, 3.63) is 22.7 Å². The second kappa shape index (κ2) is 7.88. The Morgan fingerprint density at radius 1 is 1.48 bits per heavy atom. The molecule has 1 heterocycles. The van der Waals surface area contributed by atoms with E-state index in [-0.39, 0.29) is 11.9 Å². The summed E-state index contributed by atoms with van der Waals surface area (Å²) in [5.41, 5.74) is 6.45. The molecular formula is C17H25ClN2O3. The molecule has 5 nitrogen and oxygen atoms in total. The molecule has 0 aromatic heterocycles. The normalized spacial score (nSPS) is 18.2. The largest absolute Gasteiger partial charge is 0.493 e. The van der Waals surface area contributed by atoms with E-state index in [1.807, 2.05) is 0 Å². The molecule has 0 saturated carbocycles. The first-order valence-corrected chi connectivity index (χ1v) is 8.35. The maximum Gasteiger partial charge on any atom is 0.254 e. The van der Waals surface area contributed by atoms with Crippen LogP contribution in [0.3, 0.4) is 0 Å². The van der Waals surface area contributed by atoms with Crippen LogP contribution in [0.25, 0.3) is 0 Å². The summed E-state index contributed by atoms with van der Waals surface area (Å²) in [6, 6.07) is 3.37. The molecule has 0 spiro atoms. The molecule has 128 valence electrons. The third kappa shape index (κ3) is 4.52. The zero-order chi connectivity index (χ0) is 17.0. The van der Waals surface area contributed by atoms with Gasteiger partial charge in [0.05, 0.1) is 18.7 Å². The second-order valence-electron chi connectivity index (χ2n) is 6.35. The summed E-state index contributed by atoms with van der Waals surface area (Å²) in [5.74, 6) is 1.25. The Bertz CT molecular complexity index is 563. The maximum absolute atomic E-state index is 12.7. The molecule has 0 aliphatic carbocycles. The molecule has 1 aromatic carbocycles. The highest BCUT2D eigenvalue weighted by Gasteiger charge is 2.24. The van der Waals surface area contributed by atoms with Gasteiger partial charge in [0.25, 0.3) is 5.91 Å². The van der Waals surface area contributed by atoms with Gasteiger partial charge in [0.2, 0.25) is 0 Å². The van der Waals surface area contributed by atoms with Crippen LogP contribution in [0, 0.1) is 5.92 Å². The van der Waals surface area contributed by atoms with Crippen LogP contribution in [0.5, 0.6) is 11.5 Å². The van der Waals surface area contributed by atoms with E-state index in [1.165, 1.54) is 0 Å². The van der Waals surface area contributed by atoms with Crippen LogP contribution >= 0.6 is 11.6 Å². The first-order chi connectivity index (χ1) is 10.9. The zero-order valence-corrected chi connectivity index (χ0v) is 14.7. The molecule has 1 aliphatic rings. The van der Waals surface area contributed by atoms with Gasteiger partial charge < -0.3 is 20.1 Å². The number of amides is 1. The van der Waals surface area contributed by atoms with Gasteiger partial charge in [-0.1, -0.05) is 25.4 Å². The van der Waals surface area contributed by atoms with E-state index in [0.29, 0.717) is 41.2 Å². The Kier molecular flexibility index (Phi) is 6.13. The van der Waals surface area contributed by atoms with Gasteiger partial charge in [-0.3, -0.25) is 4.79 Å². The fraction of sp³-hybridized carbons (Fsp3) is 0.588. The molecule has 1 fully saturated rings. The quantitative estimate of drug-likeness (QED) is 0.895. The maximum atomic E-state index is 12.7. The number of nitrogens with zero attached hydrogens (tertiary/aromatic N) is 1. The van der Waals surface area contributed by atoms with Crippen LogP contribution in [-0.4, -0.2) is 43.7 Å². The van der Waals surface area contributed by atoms with Crippen LogP contribution in [0.2, 0.25) is 5.02 Å². The Hall–Kier alpha value is -1.46. The van der Waals surface area contributed by atoms with Crippen molar-refractivity contribution in [1.29, 1.82) is 0 Å². The fourth-order valence-corrected chi connectivity index (χ4v) is 2.88. The number of likely N-dealkylation sites (tertiary alicyclic amines) is 1. The van der Waals surface area contributed by atoms with E-state index in [1.54, 1.807) is 24.1 Å². The third-order valence-electron chi connectivity index (χ3n) is 3.78. The number of piperidine rings is 1. The van der Waals surface area contributed by atoms with E-state index in [9.17, 15) is 4.79 Å². The van der Waals surface area contributed by atoms with Crippen LogP contribution in [0.4, 0.5) is 0 Å². The van der Waals surface area contributed by atoms with Gasteiger partial charge in [0.15, 0.2) is 11.5 Å². The summed E-state index contributed by atoms with van der Waals surface area (Å²) >= 11 is 6.31. The SMILES string of the molecule is COc1cc(C(=O)N2CCCC(N)C2)cc(Cl)c1OCC(C)C. The number of methoxy groups -OCH3 is 1. The van der Waals surface area contributed by atoms with Gasteiger partial charge in [0, 0.05) is 24.7 Å². The van der Waals surface area contributed by atoms with Crippen molar-refractivity contribution in [2.24, 2.45) is 11.7 Å². The van der Waals surface area contributed by atoms with Crippen LogP contribution in [0.1, 0.15) is 37.0 Å². The summed E-state index contributed by atoms with van der Waals surface area (Å²) in [6.45, 7) is 5.93. The molecule has 1 saturated heterocycles. The van der Waals surface area contributed by atoms with Crippen molar-refractivity contribution in [1.82, 2.24) is 4.90 Å². The van der Waals surface area contributed by atoms with E-state index in [0.717, 1.165) is 19.4 Å². The lowest BCUT2D eigenvalue weighted by molar-refractivity contribution is 0.0708. The minimum absolute atomic E-state index is 0.0405. The third-order valence-corrected chi connectivity index (χ3v) is 4.06. The Labute approximate surface area is 142 Å². The predicted molar refractivity (Wildman–Crippen MR) is 91.4 cm³/mol. The van der Waals surface area contributed by atoms with E-state index < -0.39 is 0 Å². The monoisotopic (exact) mass is 340 g/mol. The van der Waals surface area contributed by atoms with Crippen molar-refractivity contribution in [2.45, 2.75) is 32.7 Å². The average Bonchev–Trinajstić information content (AvgIpc) is 2.52. The molecule has 0 radical (unpaired) electrons. The zero-order valence-electron chi connectivity index (χ0n) is 14.0. The first kappa shape index (κ1) is 17.9. The molecule has 23 heavy (non-hydrogen) atoms. The highest BCUT2D eigenvalue weighted by molar-refractivity contribution is 6.32. The number of carbonyl (C=O) groups excluding carboxylic acids is 1. The fourth-order valence-electron chi connectivity index (χ4n) is 2.61. The molecule has 6 heteroatoms. The molecule has 2 N–H and O–H groups in total. The number of carbonyl (C=O) groups is 1. The van der Waals surface area contributed by atoms with Gasteiger partial charge in [-0.15, -0.1) is 0 Å². The van der Waals surface area contributed by atoms with Gasteiger partial charge in [-0.05, 0) is 30.9 Å². The second-order valence-corrected chi connectivity index (χ2v) is 6.75. The summed E-state index contributed by atoms with van der Waals surface area (Å²) in [7, 11) is 1.54. The van der Waals surface area contributed by atoms with Gasteiger partial charge in [0.1, 0.15) is 0 Å². The Morgan fingerprint density at radius 2 is 2.22 bits per heavy atom. The van der Waals surface area contributed by atoms with Crippen molar-refractivity contribution in [2.75, 3.05) is 26.8 Å². The highest BCUT2D eigenvalue weighted by Crippen LogP contribution is 2.37. The van der Waals surface area contributed by atoms with E-state index in [4.69, 9.17) is 26.8 Å². The van der Waals surface area contributed by atoms with E-state index >= 15 is 0 Å². The van der Waals surface area contributed by atoms with Crippen molar-refractivity contribution < 1.29 is 14.3 Å². The van der Waals surface area contributed by atoms with Crippen molar-refractivity contribution >= 4 is 17.5 Å². The minimum Gasteiger partial charge on any atom is -0.493 e. The molecule has 2 rings (SSSR count). The van der Waals surface area contributed by atoms with Gasteiger partial charge in [-0.2, -0.15) is 0 Å². The lowest BCUT2D eigenvalue weighted by Crippen LogP contribution is -2.45. The van der Waals surface area contributed by atoms with Crippen LogP contribution in [-0.2, 0) is 0 Å². The van der Waals surface area contributed by atoms with E-state index in [2.05, 4.69) is 13.8 Å².